The molecule has 0 spiro atoms. The average Bonchev–Trinajstić information content (AvgIpc) is 3.18. The van der Waals surface area contributed by atoms with Gasteiger partial charge in [-0.2, -0.15) is 0 Å². The second-order valence-electron chi connectivity index (χ2n) is 7.44. The third kappa shape index (κ3) is 5.25. The first-order chi connectivity index (χ1) is 14.2. The molecule has 0 fully saturated rings. The summed E-state index contributed by atoms with van der Waals surface area (Å²) in [6, 6.07) is 11.3. The fourth-order valence-corrected chi connectivity index (χ4v) is 4.63. The first kappa shape index (κ1) is 22.0. The van der Waals surface area contributed by atoms with Crippen molar-refractivity contribution in [2.24, 2.45) is 0 Å². The molecule has 0 aliphatic rings. The van der Waals surface area contributed by atoms with E-state index < -0.39 is 10.0 Å². The van der Waals surface area contributed by atoms with Crippen molar-refractivity contribution in [3.8, 4) is 0 Å². The van der Waals surface area contributed by atoms with E-state index in [-0.39, 0.29) is 10.8 Å². The van der Waals surface area contributed by atoms with Gasteiger partial charge in [0.25, 0.3) is 15.9 Å². The molecule has 0 aliphatic carbocycles. The summed E-state index contributed by atoms with van der Waals surface area (Å²) in [7, 11) is -3.74. The highest BCUT2D eigenvalue weighted by molar-refractivity contribution is 7.92. The largest absolute Gasteiger partial charge is 0.346 e. The third-order valence-electron chi connectivity index (χ3n) is 4.68. The SMILES string of the molecule is Cc1ccc(NS(=O)(=O)c2ccc(C(=O)NCc3csc(C(C)C)n3)cc2)cc1C. The van der Waals surface area contributed by atoms with E-state index in [1.165, 1.54) is 24.3 Å². The van der Waals surface area contributed by atoms with Crippen LogP contribution in [0.1, 0.15) is 52.0 Å². The van der Waals surface area contributed by atoms with Gasteiger partial charge in [-0.15, -0.1) is 11.3 Å². The van der Waals surface area contributed by atoms with Gasteiger partial charge >= 0.3 is 0 Å². The average molecular weight is 444 g/mol. The number of nitrogens with zero attached hydrogens (tertiary/aromatic N) is 1. The highest BCUT2D eigenvalue weighted by Gasteiger charge is 2.16. The number of carbonyl (C=O) groups is 1. The van der Waals surface area contributed by atoms with E-state index in [1.807, 2.05) is 25.3 Å². The number of nitrogens with one attached hydrogen (secondary N) is 2. The Morgan fingerprint density at radius 1 is 1.07 bits per heavy atom. The van der Waals surface area contributed by atoms with Crippen LogP contribution in [0.2, 0.25) is 0 Å². The second kappa shape index (κ2) is 8.97. The molecule has 1 amide bonds. The Bertz CT molecular complexity index is 1150. The molecule has 0 saturated carbocycles. The van der Waals surface area contributed by atoms with Gasteiger partial charge in [-0.1, -0.05) is 19.9 Å². The summed E-state index contributed by atoms with van der Waals surface area (Å²) in [6.45, 7) is 8.37. The fraction of sp³-hybridized carbons (Fsp3) is 0.273. The Morgan fingerprint density at radius 3 is 2.37 bits per heavy atom. The predicted molar refractivity (Wildman–Crippen MR) is 121 cm³/mol. The van der Waals surface area contributed by atoms with Crippen LogP contribution in [0.15, 0.2) is 52.7 Å². The first-order valence-electron chi connectivity index (χ1n) is 9.58. The lowest BCUT2D eigenvalue weighted by Crippen LogP contribution is -2.23. The quantitative estimate of drug-likeness (QED) is 0.558. The summed E-state index contributed by atoms with van der Waals surface area (Å²) in [5.41, 5.74) is 3.80. The van der Waals surface area contributed by atoms with Gasteiger partial charge in [-0.3, -0.25) is 9.52 Å². The maximum absolute atomic E-state index is 12.6. The van der Waals surface area contributed by atoms with E-state index in [1.54, 1.807) is 23.5 Å². The summed E-state index contributed by atoms with van der Waals surface area (Å²) in [5, 5.41) is 5.78. The van der Waals surface area contributed by atoms with Gasteiger partial charge in [0.1, 0.15) is 0 Å². The summed E-state index contributed by atoms with van der Waals surface area (Å²) in [6.07, 6.45) is 0. The first-order valence-corrected chi connectivity index (χ1v) is 11.9. The van der Waals surface area contributed by atoms with Crippen molar-refractivity contribution in [3.63, 3.8) is 0 Å². The number of rotatable bonds is 7. The number of anilines is 1. The molecule has 0 radical (unpaired) electrons. The molecule has 6 nitrogen and oxygen atoms in total. The van der Waals surface area contributed by atoms with E-state index in [0.29, 0.717) is 23.7 Å². The topological polar surface area (TPSA) is 88.2 Å². The van der Waals surface area contributed by atoms with Gasteiger partial charge in [-0.05, 0) is 61.4 Å². The normalized spacial score (nSPS) is 11.5. The Morgan fingerprint density at radius 2 is 1.77 bits per heavy atom. The number of aromatic nitrogens is 1. The van der Waals surface area contributed by atoms with E-state index in [0.717, 1.165) is 21.8 Å². The molecule has 0 bridgehead atoms. The van der Waals surface area contributed by atoms with E-state index in [4.69, 9.17) is 0 Å². The van der Waals surface area contributed by atoms with Crippen molar-refractivity contribution in [2.75, 3.05) is 4.72 Å². The highest BCUT2D eigenvalue weighted by Crippen LogP contribution is 2.20. The molecule has 1 aromatic heterocycles. The number of aryl methyl sites for hydroxylation is 2. The number of carbonyl (C=O) groups excluding carboxylic acids is 1. The summed E-state index contributed by atoms with van der Waals surface area (Å²) in [5.74, 6) is 0.0755. The van der Waals surface area contributed by atoms with Crippen molar-refractivity contribution in [3.05, 3.63) is 75.2 Å². The van der Waals surface area contributed by atoms with E-state index in [2.05, 4.69) is 28.9 Å². The summed E-state index contributed by atoms with van der Waals surface area (Å²) >= 11 is 1.58. The molecule has 0 aliphatic heterocycles. The van der Waals surface area contributed by atoms with Crippen LogP contribution >= 0.6 is 11.3 Å². The van der Waals surface area contributed by atoms with Crippen molar-refractivity contribution < 1.29 is 13.2 Å². The summed E-state index contributed by atoms with van der Waals surface area (Å²) in [4.78, 5) is 17.0. The molecular formula is C22H25N3O3S2. The van der Waals surface area contributed by atoms with E-state index >= 15 is 0 Å². The number of amides is 1. The molecule has 0 saturated heterocycles. The van der Waals surface area contributed by atoms with Crippen molar-refractivity contribution in [2.45, 2.75) is 45.1 Å². The molecular weight excluding hydrogens is 418 g/mol. The Balaban J connectivity index is 1.65. The Labute approximate surface area is 181 Å². The molecule has 30 heavy (non-hydrogen) atoms. The monoisotopic (exact) mass is 443 g/mol. The van der Waals surface area contributed by atoms with Gasteiger partial charge in [0.2, 0.25) is 0 Å². The van der Waals surface area contributed by atoms with Crippen LogP contribution in [0.3, 0.4) is 0 Å². The van der Waals surface area contributed by atoms with Crippen LogP contribution in [0.4, 0.5) is 5.69 Å². The molecule has 0 atom stereocenters. The molecule has 0 unspecified atom stereocenters. The molecule has 3 aromatic rings. The number of benzene rings is 2. The minimum Gasteiger partial charge on any atom is -0.346 e. The smallest absolute Gasteiger partial charge is 0.261 e. The lowest BCUT2D eigenvalue weighted by atomic mass is 10.1. The van der Waals surface area contributed by atoms with Crippen molar-refractivity contribution >= 4 is 33.0 Å². The van der Waals surface area contributed by atoms with Crippen LogP contribution in [0.25, 0.3) is 0 Å². The molecule has 1 heterocycles. The standard InChI is InChI=1S/C22H25N3O3S2/c1-14(2)22-24-19(13-29-22)12-23-21(26)17-6-9-20(10-7-17)30(27,28)25-18-8-5-15(3)16(4)11-18/h5-11,13-14,25H,12H2,1-4H3,(H,23,26). The van der Waals surface area contributed by atoms with Crippen molar-refractivity contribution in [1.82, 2.24) is 10.3 Å². The minimum absolute atomic E-state index is 0.0957. The lowest BCUT2D eigenvalue weighted by molar-refractivity contribution is 0.0950. The summed E-state index contributed by atoms with van der Waals surface area (Å²) < 4.78 is 27.8. The van der Waals surface area contributed by atoms with Crippen molar-refractivity contribution in [1.29, 1.82) is 0 Å². The molecule has 8 heteroatoms. The number of sulfonamides is 1. The van der Waals surface area contributed by atoms with Crippen LogP contribution in [-0.4, -0.2) is 19.3 Å². The number of thiazole rings is 1. The van der Waals surface area contributed by atoms with Crippen LogP contribution in [0.5, 0.6) is 0 Å². The molecule has 2 aromatic carbocycles. The van der Waals surface area contributed by atoms with Gasteiger partial charge in [0, 0.05) is 22.5 Å². The third-order valence-corrected chi connectivity index (χ3v) is 7.27. The maximum Gasteiger partial charge on any atom is 0.261 e. The molecule has 158 valence electrons. The van der Waals surface area contributed by atoms with Gasteiger partial charge in [0.05, 0.1) is 22.1 Å². The van der Waals surface area contributed by atoms with Gasteiger partial charge in [-0.25, -0.2) is 13.4 Å². The van der Waals surface area contributed by atoms with E-state index in [9.17, 15) is 13.2 Å². The second-order valence-corrected chi connectivity index (χ2v) is 10.0. The van der Waals surface area contributed by atoms with Gasteiger partial charge in [0.15, 0.2) is 0 Å². The minimum atomic E-state index is -3.74. The van der Waals surface area contributed by atoms with Crippen LogP contribution in [0, 0.1) is 13.8 Å². The van der Waals surface area contributed by atoms with Crippen LogP contribution < -0.4 is 10.0 Å². The van der Waals surface area contributed by atoms with Crippen LogP contribution in [-0.2, 0) is 16.6 Å². The lowest BCUT2D eigenvalue weighted by Gasteiger charge is -2.10. The number of hydrogen-bond acceptors (Lipinski definition) is 5. The predicted octanol–water partition coefficient (Wildman–Crippen LogP) is 4.61. The Kier molecular flexibility index (Phi) is 6.58. The molecule has 3 rings (SSSR count). The zero-order chi connectivity index (χ0) is 21.9. The highest BCUT2D eigenvalue weighted by atomic mass is 32.2. The molecule has 2 N–H and O–H groups in total. The number of hydrogen-bond donors (Lipinski definition) is 2. The zero-order valence-corrected chi connectivity index (χ0v) is 19.0. The zero-order valence-electron chi connectivity index (χ0n) is 17.4. The maximum atomic E-state index is 12.6. The van der Waals surface area contributed by atoms with Gasteiger partial charge < -0.3 is 5.32 Å². The Hall–Kier alpha value is -2.71. The fourth-order valence-electron chi connectivity index (χ4n) is 2.75.